The first-order valence-corrected chi connectivity index (χ1v) is 6.79. The minimum absolute atomic E-state index is 0.0135. The van der Waals surface area contributed by atoms with Crippen LogP contribution in [0.1, 0.15) is 32.7 Å². The maximum absolute atomic E-state index is 12.1. The summed E-state index contributed by atoms with van der Waals surface area (Å²) in [6.07, 6.45) is 5.72. The van der Waals surface area contributed by atoms with Crippen molar-refractivity contribution in [3.63, 3.8) is 0 Å². The molecule has 5 nitrogen and oxygen atoms in total. The first-order valence-electron chi connectivity index (χ1n) is 6.79. The number of hydrogen-bond acceptors (Lipinski definition) is 4. The van der Waals surface area contributed by atoms with Gasteiger partial charge in [-0.05, 0) is 25.9 Å². The zero-order valence-corrected chi connectivity index (χ0v) is 11.2. The minimum Gasteiger partial charge on any atom is -0.364 e. The highest BCUT2D eigenvalue weighted by Crippen LogP contribution is 2.33. The fourth-order valence-corrected chi connectivity index (χ4v) is 2.06. The van der Waals surface area contributed by atoms with Crippen molar-refractivity contribution in [2.75, 3.05) is 31.5 Å². The third-order valence-corrected chi connectivity index (χ3v) is 3.42. The molecule has 18 heavy (non-hydrogen) atoms. The van der Waals surface area contributed by atoms with Crippen LogP contribution in [0.25, 0.3) is 0 Å². The van der Waals surface area contributed by atoms with Crippen molar-refractivity contribution in [1.29, 1.82) is 0 Å². The molecule has 0 spiro atoms. The fraction of sp³-hybridized carbons (Fsp3) is 0.692. The SMILES string of the molecule is CCN(CC)CCNc1nccn(C2CC2)c1=O. The number of anilines is 1. The smallest absolute Gasteiger partial charge is 0.293 e. The van der Waals surface area contributed by atoms with Gasteiger partial charge in [-0.25, -0.2) is 4.98 Å². The van der Waals surface area contributed by atoms with Gasteiger partial charge in [0.2, 0.25) is 0 Å². The van der Waals surface area contributed by atoms with Gasteiger partial charge in [0, 0.05) is 31.5 Å². The van der Waals surface area contributed by atoms with E-state index in [4.69, 9.17) is 0 Å². The molecule has 0 amide bonds. The van der Waals surface area contributed by atoms with Gasteiger partial charge in [-0.15, -0.1) is 0 Å². The minimum atomic E-state index is 0.0135. The van der Waals surface area contributed by atoms with Crippen LogP contribution in [-0.4, -0.2) is 40.6 Å². The van der Waals surface area contributed by atoms with E-state index in [1.807, 2.05) is 0 Å². The predicted molar refractivity (Wildman–Crippen MR) is 73.0 cm³/mol. The number of aromatic nitrogens is 2. The topological polar surface area (TPSA) is 50.2 Å². The molecule has 100 valence electrons. The number of hydrogen-bond donors (Lipinski definition) is 1. The maximum Gasteiger partial charge on any atom is 0.293 e. The van der Waals surface area contributed by atoms with E-state index in [1.165, 1.54) is 0 Å². The third kappa shape index (κ3) is 3.10. The fourth-order valence-electron chi connectivity index (χ4n) is 2.06. The first kappa shape index (κ1) is 13.1. The molecule has 0 bridgehead atoms. The van der Waals surface area contributed by atoms with Gasteiger partial charge in [0.1, 0.15) is 0 Å². The predicted octanol–water partition coefficient (Wildman–Crippen LogP) is 1.33. The lowest BCUT2D eigenvalue weighted by Gasteiger charge is -2.18. The van der Waals surface area contributed by atoms with Gasteiger partial charge >= 0.3 is 0 Å². The number of nitrogens with zero attached hydrogens (tertiary/aromatic N) is 3. The van der Waals surface area contributed by atoms with Gasteiger partial charge in [-0.3, -0.25) is 4.79 Å². The monoisotopic (exact) mass is 250 g/mol. The highest BCUT2D eigenvalue weighted by Gasteiger charge is 2.25. The molecule has 1 saturated carbocycles. The maximum atomic E-state index is 12.1. The van der Waals surface area contributed by atoms with Crippen LogP contribution in [0.2, 0.25) is 0 Å². The second kappa shape index (κ2) is 6.00. The second-order valence-electron chi connectivity index (χ2n) is 4.67. The number of likely N-dealkylation sites (N-methyl/N-ethyl adjacent to an activating group) is 1. The number of rotatable bonds is 7. The van der Waals surface area contributed by atoms with Crippen molar-refractivity contribution < 1.29 is 0 Å². The van der Waals surface area contributed by atoms with E-state index in [-0.39, 0.29) is 5.56 Å². The highest BCUT2D eigenvalue weighted by atomic mass is 16.1. The largest absolute Gasteiger partial charge is 0.364 e. The van der Waals surface area contributed by atoms with Crippen LogP contribution in [-0.2, 0) is 0 Å². The zero-order chi connectivity index (χ0) is 13.0. The summed E-state index contributed by atoms with van der Waals surface area (Å²) in [5.74, 6) is 0.483. The molecule has 0 aromatic carbocycles. The lowest BCUT2D eigenvalue weighted by molar-refractivity contribution is 0.316. The van der Waals surface area contributed by atoms with E-state index < -0.39 is 0 Å². The van der Waals surface area contributed by atoms with E-state index in [1.54, 1.807) is 17.0 Å². The summed E-state index contributed by atoms with van der Waals surface area (Å²) in [4.78, 5) is 18.5. The molecular formula is C13H22N4O. The summed E-state index contributed by atoms with van der Waals surface area (Å²) in [7, 11) is 0. The highest BCUT2D eigenvalue weighted by molar-refractivity contribution is 5.31. The van der Waals surface area contributed by atoms with Gasteiger partial charge in [0.15, 0.2) is 5.82 Å². The Bertz CT molecular complexity index is 435. The number of nitrogens with one attached hydrogen (secondary N) is 1. The molecule has 0 unspecified atom stereocenters. The molecule has 1 N–H and O–H groups in total. The van der Waals surface area contributed by atoms with E-state index in [2.05, 4.69) is 29.0 Å². The first-order chi connectivity index (χ1) is 8.76. The Morgan fingerprint density at radius 2 is 2.17 bits per heavy atom. The molecule has 0 atom stereocenters. The molecule has 1 fully saturated rings. The Labute approximate surface area is 108 Å². The molecule has 0 aliphatic heterocycles. The van der Waals surface area contributed by atoms with Gasteiger partial charge < -0.3 is 14.8 Å². The van der Waals surface area contributed by atoms with Crippen LogP contribution < -0.4 is 10.9 Å². The van der Waals surface area contributed by atoms with Crippen molar-refractivity contribution in [3.8, 4) is 0 Å². The van der Waals surface area contributed by atoms with Crippen molar-refractivity contribution in [2.45, 2.75) is 32.7 Å². The molecule has 2 rings (SSSR count). The quantitative estimate of drug-likeness (QED) is 0.793. The summed E-state index contributed by atoms with van der Waals surface area (Å²) < 4.78 is 1.80. The van der Waals surface area contributed by atoms with Gasteiger partial charge in [0.25, 0.3) is 5.56 Å². The van der Waals surface area contributed by atoms with Crippen LogP contribution in [0.15, 0.2) is 17.2 Å². The lowest BCUT2D eigenvalue weighted by atomic mass is 10.4. The molecule has 1 aromatic rings. The van der Waals surface area contributed by atoms with Crippen LogP contribution in [0, 0.1) is 0 Å². The van der Waals surface area contributed by atoms with Gasteiger partial charge in [-0.2, -0.15) is 0 Å². The molecular weight excluding hydrogens is 228 g/mol. The molecule has 0 saturated heterocycles. The Balaban J connectivity index is 1.93. The summed E-state index contributed by atoms with van der Waals surface area (Å²) in [6.45, 7) is 8.05. The van der Waals surface area contributed by atoms with Crippen LogP contribution in [0.5, 0.6) is 0 Å². The van der Waals surface area contributed by atoms with Gasteiger partial charge in [-0.1, -0.05) is 13.8 Å². The Morgan fingerprint density at radius 1 is 1.44 bits per heavy atom. The normalized spacial score (nSPS) is 15.1. The summed E-state index contributed by atoms with van der Waals surface area (Å²) >= 11 is 0. The zero-order valence-electron chi connectivity index (χ0n) is 11.2. The summed E-state index contributed by atoms with van der Waals surface area (Å²) in [5.41, 5.74) is 0.0135. The van der Waals surface area contributed by atoms with Crippen molar-refractivity contribution in [2.24, 2.45) is 0 Å². The average Bonchev–Trinajstić information content (AvgIpc) is 3.21. The molecule has 1 aromatic heterocycles. The Morgan fingerprint density at radius 3 is 2.78 bits per heavy atom. The van der Waals surface area contributed by atoms with E-state index in [0.717, 1.165) is 39.0 Å². The van der Waals surface area contributed by atoms with Crippen molar-refractivity contribution in [1.82, 2.24) is 14.5 Å². The van der Waals surface area contributed by atoms with E-state index >= 15 is 0 Å². The van der Waals surface area contributed by atoms with Crippen LogP contribution >= 0.6 is 0 Å². The molecule has 1 aliphatic rings. The van der Waals surface area contributed by atoms with Crippen LogP contribution in [0.4, 0.5) is 5.82 Å². The lowest BCUT2D eigenvalue weighted by Crippen LogP contribution is -2.31. The molecule has 1 heterocycles. The van der Waals surface area contributed by atoms with Gasteiger partial charge in [0.05, 0.1) is 0 Å². The van der Waals surface area contributed by atoms with Crippen LogP contribution in [0.3, 0.4) is 0 Å². The summed E-state index contributed by atoms with van der Waals surface area (Å²) in [5, 5.41) is 3.15. The average molecular weight is 250 g/mol. The summed E-state index contributed by atoms with van der Waals surface area (Å²) in [6, 6.07) is 0.406. The Hall–Kier alpha value is -1.36. The third-order valence-electron chi connectivity index (χ3n) is 3.42. The van der Waals surface area contributed by atoms with E-state index in [0.29, 0.717) is 11.9 Å². The standard InChI is InChI=1S/C13H22N4O/c1-3-16(4-2)9-7-14-12-13(18)17(10-8-15-12)11-5-6-11/h8,10-11H,3-7,9H2,1-2H3,(H,14,15). The van der Waals surface area contributed by atoms with E-state index in [9.17, 15) is 4.79 Å². The molecule has 0 radical (unpaired) electrons. The van der Waals surface area contributed by atoms with Crippen molar-refractivity contribution >= 4 is 5.82 Å². The van der Waals surface area contributed by atoms with Crippen molar-refractivity contribution in [3.05, 3.63) is 22.7 Å². The molecule has 5 heteroatoms. The Kier molecular flexibility index (Phi) is 4.36. The second-order valence-corrected chi connectivity index (χ2v) is 4.67. The molecule has 1 aliphatic carbocycles.